The van der Waals surface area contributed by atoms with Gasteiger partial charge in [-0.1, -0.05) is 37.4 Å². The summed E-state index contributed by atoms with van der Waals surface area (Å²) in [4.78, 5) is 25.0. The smallest absolute Gasteiger partial charge is 0.243 e. The van der Waals surface area contributed by atoms with Crippen LogP contribution in [-0.4, -0.2) is 29.8 Å². The molecule has 0 heterocycles. The summed E-state index contributed by atoms with van der Waals surface area (Å²) in [5.41, 5.74) is 0.638. The van der Waals surface area contributed by atoms with Crippen LogP contribution in [0.3, 0.4) is 0 Å². The minimum Gasteiger partial charge on any atom is -0.334 e. The minimum atomic E-state index is -0.209. The van der Waals surface area contributed by atoms with E-state index in [4.69, 9.17) is 11.6 Å². The van der Waals surface area contributed by atoms with E-state index >= 15 is 0 Å². The van der Waals surface area contributed by atoms with Crippen molar-refractivity contribution in [2.45, 2.75) is 33.1 Å². The van der Waals surface area contributed by atoms with E-state index in [1.807, 2.05) is 0 Å². The van der Waals surface area contributed by atoms with Crippen LogP contribution in [0.1, 0.15) is 33.1 Å². The van der Waals surface area contributed by atoms with Gasteiger partial charge in [-0.25, -0.2) is 0 Å². The molecule has 0 bridgehead atoms. The molecule has 4 nitrogen and oxygen atoms in total. The molecule has 1 rings (SSSR count). The van der Waals surface area contributed by atoms with Gasteiger partial charge in [0.25, 0.3) is 0 Å². The van der Waals surface area contributed by atoms with Crippen molar-refractivity contribution in [1.29, 1.82) is 0 Å². The largest absolute Gasteiger partial charge is 0.334 e. The van der Waals surface area contributed by atoms with Gasteiger partial charge in [0.15, 0.2) is 0 Å². The highest BCUT2D eigenvalue weighted by Gasteiger charge is 2.13. The zero-order chi connectivity index (χ0) is 15.0. The van der Waals surface area contributed by atoms with Crippen molar-refractivity contribution in [1.82, 2.24) is 4.90 Å². The number of halogens is 1. The Bertz CT molecular complexity index is 463. The maximum atomic E-state index is 11.9. The highest BCUT2D eigenvalue weighted by atomic mass is 35.5. The van der Waals surface area contributed by atoms with Crippen molar-refractivity contribution in [3.05, 3.63) is 29.3 Å². The SMILES string of the molecule is CCCCCN(CC(=O)Nc1cccc(Cl)c1)C(C)=O. The van der Waals surface area contributed by atoms with Gasteiger partial charge in [-0.3, -0.25) is 9.59 Å². The van der Waals surface area contributed by atoms with Crippen LogP contribution in [0.25, 0.3) is 0 Å². The van der Waals surface area contributed by atoms with Crippen LogP contribution in [0.4, 0.5) is 5.69 Å². The Morgan fingerprint density at radius 2 is 2.05 bits per heavy atom. The topological polar surface area (TPSA) is 49.4 Å². The molecule has 0 radical (unpaired) electrons. The number of rotatable bonds is 7. The molecular formula is C15H21ClN2O2. The number of unbranched alkanes of at least 4 members (excludes halogenated alkanes) is 2. The molecule has 0 fully saturated rings. The lowest BCUT2D eigenvalue weighted by molar-refractivity contribution is -0.132. The standard InChI is InChI=1S/C15H21ClN2O2/c1-3-4-5-9-18(12(2)19)11-15(20)17-14-8-6-7-13(16)10-14/h6-8,10H,3-5,9,11H2,1-2H3,(H,17,20). The molecule has 0 spiro atoms. The molecule has 0 unspecified atom stereocenters. The summed E-state index contributed by atoms with van der Waals surface area (Å²) < 4.78 is 0. The lowest BCUT2D eigenvalue weighted by Gasteiger charge is -2.20. The maximum Gasteiger partial charge on any atom is 0.243 e. The van der Waals surface area contributed by atoms with Gasteiger partial charge in [0.1, 0.15) is 0 Å². The average molecular weight is 297 g/mol. The molecule has 1 aromatic carbocycles. The van der Waals surface area contributed by atoms with Crippen molar-refractivity contribution in [2.24, 2.45) is 0 Å². The first kappa shape index (κ1) is 16.5. The monoisotopic (exact) mass is 296 g/mol. The zero-order valence-corrected chi connectivity index (χ0v) is 12.7. The van der Waals surface area contributed by atoms with E-state index in [0.29, 0.717) is 17.3 Å². The number of nitrogens with zero attached hydrogens (tertiary/aromatic N) is 1. The van der Waals surface area contributed by atoms with Crippen molar-refractivity contribution in [2.75, 3.05) is 18.4 Å². The maximum absolute atomic E-state index is 11.9. The molecule has 20 heavy (non-hydrogen) atoms. The molecule has 2 amide bonds. The van der Waals surface area contributed by atoms with E-state index in [2.05, 4.69) is 12.2 Å². The summed E-state index contributed by atoms with van der Waals surface area (Å²) in [5.74, 6) is -0.290. The Labute approximate surface area is 125 Å². The second kappa shape index (κ2) is 8.59. The van der Waals surface area contributed by atoms with E-state index in [1.165, 1.54) is 6.92 Å². The van der Waals surface area contributed by atoms with E-state index in [1.54, 1.807) is 29.2 Å². The first-order valence-electron chi connectivity index (χ1n) is 6.84. The lowest BCUT2D eigenvalue weighted by atomic mass is 10.2. The van der Waals surface area contributed by atoms with Gasteiger partial charge in [-0.2, -0.15) is 0 Å². The summed E-state index contributed by atoms with van der Waals surface area (Å²) in [6.07, 6.45) is 3.06. The van der Waals surface area contributed by atoms with Crippen molar-refractivity contribution < 1.29 is 9.59 Å². The number of benzene rings is 1. The van der Waals surface area contributed by atoms with Crippen molar-refractivity contribution in [3.8, 4) is 0 Å². The molecule has 5 heteroatoms. The van der Waals surface area contributed by atoms with Gasteiger partial charge in [-0.05, 0) is 24.6 Å². The molecule has 0 saturated carbocycles. The molecule has 0 saturated heterocycles. The van der Waals surface area contributed by atoms with Crippen LogP contribution < -0.4 is 5.32 Å². The number of nitrogens with one attached hydrogen (secondary N) is 1. The van der Waals surface area contributed by atoms with Crippen LogP contribution >= 0.6 is 11.6 Å². The Kier molecular flexibility index (Phi) is 7.09. The van der Waals surface area contributed by atoms with E-state index in [-0.39, 0.29) is 18.4 Å². The highest BCUT2D eigenvalue weighted by Crippen LogP contribution is 2.14. The molecular weight excluding hydrogens is 276 g/mol. The van der Waals surface area contributed by atoms with Crippen molar-refractivity contribution in [3.63, 3.8) is 0 Å². The third-order valence-corrected chi connectivity index (χ3v) is 3.15. The molecule has 0 aliphatic rings. The van der Waals surface area contributed by atoms with Crippen molar-refractivity contribution >= 4 is 29.1 Å². The molecule has 1 N–H and O–H groups in total. The molecule has 0 aromatic heterocycles. The van der Waals surface area contributed by atoms with Gasteiger partial charge in [0, 0.05) is 24.2 Å². The van der Waals surface area contributed by atoms with Gasteiger partial charge < -0.3 is 10.2 Å². The summed E-state index contributed by atoms with van der Waals surface area (Å²) in [6, 6.07) is 6.94. The third-order valence-electron chi connectivity index (χ3n) is 2.92. The molecule has 0 aliphatic carbocycles. The molecule has 110 valence electrons. The first-order valence-corrected chi connectivity index (χ1v) is 7.21. The van der Waals surface area contributed by atoms with E-state index < -0.39 is 0 Å². The lowest BCUT2D eigenvalue weighted by Crippen LogP contribution is -2.37. The number of hydrogen-bond acceptors (Lipinski definition) is 2. The van der Waals surface area contributed by atoms with Crippen LogP contribution in [0.15, 0.2) is 24.3 Å². The third kappa shape index (κ3) is 6.06. The van der Waals surface area contributed by atoms with Gasteiger partial charge >= 0.3 is 0 Å². The fourth-order valence-electron chi connectivity index (χ4n) is 1.84. The summed E-state index contributed by atoms with van der Waals surface area (Å²) in [5, 5.41) is 3.31. The minimum absolute atomic E-state index is 0.0750. The second-order valence-corrected chi connectivity index (χ2v) is 5.14. The summed E-state index contributed by atoms with van der Waals surface area (Å²) >= 11 is 5.85. The number of hydrogen-bond donors (Lipinski definition) is 1. The number of amides is 2. The Hall–Kier alpha value is -1.55. The molecule has 0 aliphatic heterocycles. The van der Waals surface area contributed by atoms with Gasteiger partial charge in [-0.15, -0.1) is 0 Å². The normalized spacial score (nSPS) is 10.2. The number of carbonyl (C=O) groups excluding carboxylic acids is 2. The second-order valence-electron chi connectivity index (χ2n) is 4.71. The zero-order valence-electron chi connectivity index (χ0n) is 12.0. The predicted octanol–water partition coefficient (Wildman–Crippen LogP) is 3.32. The average Bonchev–Trinajstić information content (AvgIpc) is 2.37. The fourth-order valence-corrected chi connectivity index (χ4v) is 2.03. The Balaban J connectivity index is 2.51. The van der Waals surface area contributed by atoms with Crippen LogP contribution in [0.5, 0.6) is 0 Å². The van der Waals surface area contributed by atoms with Gasteiger partial charge in [0.2, 0.25) is 11.8 Å². The summed E-state index contributed by atoms with van der Waals surface area (Å²) in [6.45, 7) is 4.28. The van der Waals surface area contributed by atoms with Crippen LogP contribution in [0, 0.1) is 0 Å². The number of anilines is 1. The summed E-state index contributed by atoms with van der Waals surface area (Å²) in [7, 11) is 0. The number of carbonyl (C=O) groups is 2. The Morgan fingerprint density at radius 3 is 2.65 bits per heavy atom. The van der Waals surface area contributed by atoms with Crippen LogP contribution in [0.2, 0.25) is 5.02 Å². The fraction of sp³-hybridized carbons (Fsp3) is 0.467. The predicted molar refractivity (Wildman–Crippen MR) is 81.9 cm³/mol. The molecule has 0 atom stereocenters. The van der Waals surface area contributed by atoms with E-state index in [9.17, 15) is 9.59 Å². The van der Waals surface area contributed by atoms with Crippen LogP contribution in [-0.2, 0) is 9.59 Å². The first-order chi connectivity index (χ1) is 9.52. The highest BCUT2D eigenvalue weighted by molar-refractivity contribution is 6.30. The molecule has 1 aromatic rings. The quantitative estimate of drug-likeness (QED) is 0.785. The van der Waals surface area contributed by atoms with E-state index in [0.717, 1.165) is 19.3 Å². The Morgan fingerprint density at radius 1 is 1.30 bits per heavy atom. The van der Waals surface area contributed by atoms with Gasteiger partial charge in [0.05, 0.1) is 6.54 Å².